The Morgan fingerprint density at radius 1 is 1.17 bits per heavy atom. The summed E-state index contributed by atoms with van der Waals surface area (Å²) >= 11 is 3.29. The summed E-state index contributed by atoms with van der Waals surface area (Å²) in [5.74, 6) is -1.27. The molecule has 0 aromatic heterocycles. The molecule has 0 aliphatic heterocycles. The number of carboxylic acids is 1. The lowest BCUT2D eigenvalue weighted by Crippen LogP contribution is -2.52. The molecule has 96 valence electrons. The summed E-state index contributed by atoms with van der Waals surface area (Å²) in [6.45, 7) is 0. The fraction of sp³-hybridized carbons (Fsp3) is 0.385. The second kappa shape index (κ2) is 5.10. The summed E-state index contributed by atoms with van der Waals surface area (Å²) in [4.78, 5) is 23.4. The first-order valence-corrected chi connectivity index (χ1v) is 6.64. The van der Waals surface area contributed by atoms with Crippen LogP contribution in [0.5, 0.6) is 0 Å². The molecule has 0 atom stereocenters. The first-order chi connectivity index (χ1) is 8.53. The zero-order valence-electron chi connectivity index (χ0n) is 9.78. The molecule has 2 N–H and O–H groups in total. The molecule has 1 saturated carbocycles. The maximum absolute atomic E-state index is 12.0. The zero-order valence-corrected chi connectivity index (χ0v) is 11.4. The molecule has 18 heavy (non-hydrogen) atoms. The number of nitrogens with one attached hydrogen (secondary N) is 1. The number of hydrogen-bond acceptors (Lipinski definition) is 2. The number of carbonyl (C=O) groups is 2. The Morgan fingerprint density at radius 3 is 2.22 bits per heavy atom. The van der Waals surface area contributed by atoms with Gasteiger partial charge in [0.2, 0.25) is 0 Å². The summed E-state index contributed by atoms with van der Waals surface area (Å²) in [5.41, 5.74) is -0.602. The van der Waals surface area contributed by atoms with Gasteiger partial charge < -0.3 is 10.4 Å². The van der Waals surface area contributed by atoms with E-state index >= 15 is 0 Å². The molecule has 0 bridgehead atoms. The minimum atomic E-state index is -1.08. The van der Waals surface area contributed by atoms with Gasteiger partial charge >= 0.3 is 5.97 Å². The molecule has 4 nitrogen and oxygen atoms in total. The monoisotopic (exact) mass is 311 g/mol. The Kier molecular flexibility index (Phi) is 3.71. The van der Waals surface area contributed by atoms with Crippen molar-refractivity contribution in [3.63, 3.8) is 0 Å². The van der Waals surface area contributed by atoms with Crippen molar-refractivity contribution in [2.75, 3.05) is 0 Å². The average molecular weight is 312 g/mol. The van der Waals surface area contributed by atoms with E-state index in [0.29, 0.717) is 18.4 Å². The van der Waals surface area contributed by atoms with Gasteiger partial charge in [-0.15, -0.1) is 0 Å². The molecule has 0 saturated heterocycles. The molecule has 1 aromatic carbocycles. The molecule has 1 aliphatic carbocycles. The van der Waals surface area contributed by atoms with E-state index in [4.69, 9.17) is 0 Å². The van der Waals surface area contributed by atoms with Crippen molar-refractivity contribution in [1.82, 2.24) is 5.32 Å². The lowest BCUT2D eigenvalue weighted by Gasteiger charge is -2.25. The number of carboxylic acid groups (broad SMARTS) is 1. The molecule has 1 aliphatic rings. The number of rotatable bonds is 3. The van der Waals surface area contributed by atoms with Crippen molar-refractivity contribution in [2.24, 2.45) is 0 Å². The van der Waals surface area contributed by atoms with Crippen LogP contribution < -0.4 is 5.32 Å². The Hall–Kier alpha value is -1.36. The van der Waals surface area contributed by atoms with Crippen molar-refractivity contribution >= 4 is 27.8 Å². The van der Waals surface area contributed by atoms with Crippen molar-refractivity contribution < 1.29 is 14.7 Å². The summed E-state index contributed by atoms with van der Waals surface area (Å²) < 4.78 is 0.882. The van der Waals surface area contributed by atoms with Crippen LogP contribution in [0.2, 0.25) is 0 Å². The topological polar surface area (TPSA) is 66.4 Å². The fourth-order valence-corrected chi connectivity index (χ4v) is 2.53. The number of carbonyl (C=O) groups excluding carboxylic acids is 1. The van der Waals surface area contributed by atoms with Crippen LogP contribution in [0.1, 0.15) is 36.0 Å². The predicted octanol–water partition coefficient (Wildman–Crippen LogP) is 2.58. The number of halogens is 1. The second-order valence-electron chi connectivity index (χ2n) is 4.56. The maximum atomic E-state index is 12.0. The fourth-order valence-electron chi connectivity index (χ4n) is 2.26. The summed E-state index contributed by atoms with van der Waals surface area (Å²) in [6, 6.07) is 6.86. The van der Waals surface area contributed by atoms with Crippen LogP contribution in [0, 0.1) is 0 Å². The highest BCUT2D eigenvalue weighted by Crippen LogP contribution is 2.30. The third-order valence-electron chi connectivity index (χ3n) is 3.33. The van der Waals surface area contributed by atoms with Gasteiger partial charge in [-0.3, -0.25) is 4.79 Å². The molecule has 0 unspecified atom stereocenters. The van der Waals surface area contributed by atoms with Gasteiger partial charge in [-0.1, -0.05) is 28.8 Å². The maximum Gasteiger partial charge on any atom is 0.329 e. The lowest BCUT2D eigenvalue weighted by molar-refractivity contribution is -0.144. The van der Waals surface area contributed by atoms with Gasteiger partial charge in [-0.2, -0.15) is 0 Å². The highest BCUT2D eigenvalue weighted by Gasteiger charge is 2.42. The number of hydrogen-bond donors (Lipinski definition) is 2. The van der Waals surface area contributed by atoms with Gasteiger partial charge in [-0.25, -0.2) is 4.79 Å². The third-order valence-corrected chi connectivity index (χ3v) is 3.85. The third kappa shape index (κ3) is 2.56. The van der Waals surface area contributed by atoms with Crippen LogP contribution in [0.15, 0.2) is 28.7 Å². The van der Waals surface area contributed by atoms with Crippen LogP contribution in [-0.4, -0.2) is 22.5 Å². The van der Waals surface area contributed by atoms with Crippen molar-refractivity contribution in [1.29, 1.82) is 0 Å². The molecular weight excluding hydrogens is 298 g/mol. The van der Waals surface area contributed by atoms with Gasteiger partial charge in [0.05, 0.1) is 0 Å². The quantitative estimate of drug-likeness (QED) is 0.901. The van der Waals surface area contributed by atoms with Crippen molar-refractivity contribution in [3.05, 3.63) is 34.3 Å². The molecule has 2 rings (SSSR count). The second-order valence-corrected chi connectivity index (χ2v) is 5.47. The van der Waals surface area contributed by atoms with Gasteiger partial charge in [0.25, 0.3) is 5.91 Å². The summed E-state index contributed by atoms with van der Waals surface area (Å²) in [7, 11) is 0. The molecule has 0 heterocycles. The largest absolute Gasteiger partial charge is 0.480 e. The van der Waals surface area contributed by atoms with E-state index in [9.17, 15) is 14.7 Å². The molecule has 5 heteroatoms. The Labute approximate surface area is 114 Å². The van der Waals surface area contributed by atoms with Gasteiger partial charge in [-0.05, 0) is 37.1 Å². The van der Waals surface area contributed by atoms with Crippen LogP contribution in [0.25, 0.3) is 0 Å². The smallest absolute Gasteiger partial charge is 0.329 e. The number of amides is 1. The van der Waals surface area contributed by atoms with Crippen LogP contribution >= 0.6 is 15.9 Å². The van der Waals surface area contributed by atoms with E-state index in [1.807, 2.05) is 0 Å². The van der Waals surface area contributed by atoms with E-state index in [0.717, 1.165) is 17.3 Å². The predicted molar refractivity (Wildman–Crippen MR) is 70.4 cm³/mol. The Morgan fingerprint density at radius 2 is 1.72 bits per heavy atom. The van der Waals surface area contributed by atoms with Crippen molar-refractivity contribution in [3.8, 4) is 0 Å². The molecule has 1 fully saturated rings. The average Bonchev–Trinajstić information content (AvgIpc) is 2.79. The Balaban J connectivity index is 2.15. The van der Waals surface area contributed by atoms with E-state index in [-0.39, 0.29) is 5.91 Å². The van der Waals surface area contributed by atoms with Gasteiger partial charge in [0.15, 0.2) is 0 Å². The highest BCUT2D eigenvalue weighted by atomic mass is 79.9. The van der Waals surface area contributed by atoms with E-state index in [2.05, 4.69) is 21.2 Å². The number of benzene rings is 1. The first-order valence-electron chi connectivity index (χ1n) is 5.85. The van der Waals surface area contributed by atoms with Crippen LogP contribution in [-0.2, 0) is 4.79 Å². The SMILES string of the molecule is O=C(NC1(C(=O)O)CCCC1)c1ccc(Br)cc1. The zero-order chi connectivity index (χ0) is 13.2. The molecule has 1 amide bonds. The van der Waals surface area contributed by atoms with Gasteiger partial charge in [0, 0.05) is 10.0 Å². The minimum absolute atomic E-state index is 0.327. The highest BCUT2D eigenvalue weighted by molar-refractivity contribution is 9.10. The van der Waals surface area contributed by atoms with Crippen LogP contribution in [0.3, 0.4) is 0 Å². The normalized spacial score (nSPS) is 17.4. The van der Waals surface area contributed by atoms with E-state index in [1.54, 1.807) is 24.3 Å². The van der Waals surface area contributed by atoms with E-state index in [1.165, 1.54) is 0 Å². The first kappa shape index (κ1) is 13.1. The Bertz CT molecular complexity index is 464. The van der Waals surface area contributed by atoms with Crippen molar-refractivity contribution in [2.45, 2.75) is 31.2 Å². The van der Waals surface area contributed by atoms with Gasteiger partial charge in [0.1, 0.15) is 5.54 Å². The van der Waals surface area contributed by atoms with E-state index < -0.39 is 11.5 Å². The molecular formula is C13H14BrNO3. The summed E-state index contributed by atoms with van der Waals surface area (Å²) in [5, 5.41) is 12.0. The number of aliphatic carboxylic acids is 1. The van der Waals surface area contributed by atoms with Crippen LogP contribution in [0.4, 0.5) is 0 Å². The summed E-state index contributed by atoms with van der Waals surface area (Å²) in [6.07, 6.45) is 2.69. The minimum Gasteiger partial charge on any atom is -0.480 e. The lowest BCUT2D eigenvalue weighted by atomic mass is 9.97. The molecule has 0 radical (unpaired) electrons. The molecule has 0 spiro atoms. The standard InChI is InChI=1S/C13H14BrNO3/c14-10-5-3-9(4-6-10)11(16)15-13(12(17)18)7-1-2-8-13/h3-6H,1-2,7-8H2,(H,15,16)(H,17,18). The molecule has 1 aromatic rings.